The van der Waals surface area contributed by atoms with Crippen LogP contribution in [0.1, 0.15) is 23.6 Å². The van der Waals surface area contributed by atoms with E-state index in [1.807, 2.05) is 31.2 Å². The average molecular weight is 230 g/mol. The van der Waals surface area contributed by atoms with E-state index < -0.39 is 5.54 Å². The third-order valence-corrected chi connectivity index (χ3v) is 2.95. The van der Waals surface area contributed by atoms with Crippen LogP contribution in [0.15, 0.2) is 42.7 Å². The van der Waals surface area contributed by atoms with Crippen LogP contribution in [0.2, 0.25) is 0 Å². The van der Waals surface area contributed by atoms with Crippen LogP contribution in [0.4, 0.5) is 4.39 Å². The highest BCUT2D eigenvalue weighted by atomic mass is 19.1. The van der Waals surface area contributed by atoms with Crippen molar-refractivity contribution in [1.29, 1.82) is 0 Å². The van der Waals surface area contributed by atoms with Crippen molar-refractivity contribution in [3.8, 4) is 0 Å². The maximum absolute atomic E-state index is 13.7. The van der Waals surface area contributed by atoms with Crippen LogP contribution >= 0.6 is 0 Å². The van der Waals surface area contributed by atoms with E-state index in [-0.39, 0.29) is 5.82 Å². The molecule has 0 bridgehead atoms. The molecule has 0 aliphatic heterocycles. The SMILES string of the molecule is Cc1cccc(C(C)(N)c2ccncc2F)c1. The second kappa shape index (κ2) is 4.26. The van der Waals surface area contributed by atoms with E-state index in [1.165, 1.54) is 6.20 Å². The zero-order chi connectivity index (χ0) is 12.5. The van der Waals surface area contributed by atoms with E-state index in [0.29, 0.717) is 5.56 Å². The van der Waals surface area contributed by atoms with E-state index in [0.717, 1.165) is 11.1 Å². The van der Waals surface area contributed by atoms with E-state index in [9.17, 15) is 4.39 Å². The fourth-order valence-electron chi connectivity index (χ4n) is 1.92. The Hall–Kier alpha value is -1.74. The Bertz CT molecular complexity index is 535. The summed E-state index contributed by atoms with van der Waals surface area (Å²) in [7, 11) is 0. The first kappa shape index (κ1) is 11.7. The lowest BCUT2D eigenvalue weighted by Gasteiger charge is -2.26. The highest BCUT2D eigenvalue weighted by Gasteiger charge is 2.26. The van der Waals surface area contributed by atoms with Gasteiger partial charge in [0.15, 0.2) is 0 Å². The van der Waals surface area contributed by atoms with Crippen LogP contribution in [0, 0.1) is 12.7 Å². The number of nitrogens with two attached hydrogens (primary N) is 1. The molecule has 3 heteroatoms. The molecule has 2 aromatic rings. The second-order valence-corrected chi connectivity index (χ2v) is 4.43. The second-order valence-electron chi connectivity index (χ2n) is 4.43. The zero-order valence-electron chi connectivity index (χ0n) is 9.94. The Morgan fingerprint density at radius 3 is 2.71 bits per heavy atom. The lowest BCUT2D eigenvalue weighted by molar-refractivity contribution is 0.526. The minimum atomic E-state index is -0.848. The molecule has 0 saturated carbocycles. The molecule has 1 aromatic carbocycles. The molecule has 1 heterocycles. The van der Waals surface area contributed by atoms with Crippen LogP contribution < -0.4 is 5.73 Å². The lowest BCUT2D eigenvalue weighted by atomic mass is 9.85. The smallest absolute Gasteiger partial charge is 0.146 e. The maximum Gasteiger partial charge on any atom is 0.146 e. The largest absolute Gasteiger partial charge is 0.318 e. The number of hydrogen-bond acceptors (Lipinski definition) is 2. The number of hydrogen-bond donors (Lipinski definition) is 1. The molecule has 0 amide bonds. The molecule has 0 fully saturated rings. The number of aryl methyl sites for hydroxylation is 1. The van der Waals surface area contributed by atoms with Gasteiger partial charge in [-0.15, -0.1) is 0 Å². The van der Waals surface area contributed by atoms with Gasteiger partial charge in [-0.2, -0.15) is 0 Å². The van der Waals surface area contributed by atoms with Crippen molar-refractivity contribution >= 4 is 0 Å². The number of nitrogens with zero attached hydrogens (tertiary/aromatic N) is 1. The maximum atomic E-state index is 13.7. The van der Waals surface area contributed by atoms with Crippen LogP contribution in [0.3, 0.4) is 0 Å². The molecule has 0 saturated heterocycles. The van der Waals surface area contributed by atoms with Gasteiger partial charge in [0, 0.05) is 11.8 Å². The average Bonchev–Trinajstić information content (AvgIpc) is 2.29. The molecular weight excluding hydrogens is 215 g/mol. The van der Waals surface area contributed by atoms with Gasteiger partial charge in [-0.1, -0.05) is 29.8 Å². The van der Waals surface area contributed by atoms with Crippen molar-refractivity contribution in [1.82, 2.24) is 4.98 Å². The summed E-state index contributed by atoms with van der Waals surface area (Å²) in [5.41, 5.74) is 7.87. The van der Waals surface area contributed by atoms with Gasteiger partial charge in [-0.05, 0) is 25.5 Å². The molecule has 2 N–H and O–H groups in total. The summed E-state index contributed by atoms with van der Waals surface area (Å²) in [6.45, 7) is 3.79. The Morgan fingerprint density at radius 1 is 1.29 bits per heavy atom. The molecule has 1 aromatic heterocycles. The number of pyridine rings is 1. The summed E-state index contributed by atoms with van der Waals surface area (Å²) in [6.07, 6.45) is 2.75. The molecule has 0 aliphatic rings. The van der Waals surface area contributed by atoms with Gasteiger partial charge in [0.2, 0.25) is 0 Å². The number of rotatable bonds is 2. The van der Waals surface area contributed by atoms with E-state index >= 15 is 0 Å². The summed E-state index contributed by atoms with van der Waals surface area (Å²) >= 11 is 0. The van der Waals surface area contributed by atoms with Gasteiger partial charge in [0.25, 0.3) is 0 Å². The van der Waals surface area contributed by atoms with E-state index in [1.54, 1.807) is 19.2 Å². The Balaban J connectivity index is 2.53. The standard InChI is InChI=1S/C14H15FN2/c1-10-4-3-5-11(8-10)14(2,16)12-6-7-17-9-13(12)15/h3-9H,16H2,1-2H3. The van der Waals surface area contributed by atoms with Crippen molar-refractivity contribution in [2.45, 2.75) is 19.4 Å². The van der Waals surface area contributed by atoms with E-state index in [2.05, 4.69) is 4.98 Å². The molecule has 1 unspecified atom stereocenters. The summed E-state index contributed by atoms with van der Waals surface area (Å²) in [5.74, 6) is -0.376. The first-order chi connectivity index (χ1) is 8.01. The summed E-state index contributed by atoms with van der Waals surface area (Å²) in [4.78, 5) is 3.74. The highest BCUT2D eigenvalue weighted by Crippen LogP contribution is 2.28. The number of aromatic nitrogens is 1. The van der Waals surface area contributed by atoms with Gasteiger partial charge >= 0.3 is 0 Å². The van der Waals surface area contributed by atoms with Crippen LogP contribution in [-0.2, 0) is 5.54 Å². The zero-order valence-corrected chi connectivity index (χ0v) is 9.94. The van der Waals surface area contributed by atoms with Gasteiger partial charge in [0.1, 0.15) is 5.82 Å². The molecule has 88 valence electrons. The van der Waals surface area contributed by atoms with Crippen molar-refractivity contribution in [3.05, 3.63) is 65.2 Å². The van der Waals surface area contributed by atoms with Crippen LogP contribution in [-0.4, -0.2) is 4.98 Å². The Morgan fingerprint density at radius 2 is 2.06 bits per heavy atom. The van der Waals surface area contributed by atoms with Crippen molar-refractivity contribution in [2.75, 3.05) is 0 Å². The van der Waals surface area contributed by atoms with Gasteiger partial charge < -0.3 is 5.73 Å². The lowest BCUT2D eigenvalue weighted by Crippen LogP contribution is -2.35. The molecular formula is C14H15FN2. The molecule has 0 radical (unpaired) electrons. The van der Waals surface area contributed by atoms with Crippen LogP contribution in [0.25, 0.3) is 0 Å². The first-order valence-electron chi connectivity index (χ1n) is 5.48. The topological polar surface area (TPSA) is 38.9 Å². The van der Waals surface area contributed by atoms with Gasteiger partial charge in [-0.3, -0.25) is 4.98 Å². The van der Waals surface area contributed by atoms with Crippen molar-refractivity contribution < 1.29 is 4.39 Å². The van der Waals surface area contributed by atoms with Gasteiger partial charge in [-0.25, -0.2) is 4.39 Å². The predicted molar refractivity (Wildman–Crippen MR) is 66.0 cm³/mol. The Labute approximate surface area is 100 Å². The normalized spacial score (nSPS) is 14.4. The summed E-state index contributed by atoms with van der Waals surface area (Å²) in [5, 5.41) is 0. The minimum Gasteiger partial charge on any atom is -0.318 e. The third kappa shape index (κ3) is 2.19. The number of halogens is 1. The molecule has 17 heavy (non-hydrogen) atoms. The summed E-state index contributed by atoms with van der Waals surface area (Å²) in [6, 6.07) is 9.42. The van der Waals surface area contributed by atoms with Crippen molar-refractivity contribution in [2.24, 2.45) is 5.73 Å². The summed E-state index contributed by atoms with van der Waals surface area (Å²) < 4.78 is 13.7. The van der Waals surface area contributed by atoms with Crippen LogP contribution in [0.5, 0.6) is 0 Å². The molecule has 0 aliphatic carbocycles. The molecule has 2 nitrogen and oxygen atoms in total. The fourth-order valence-corrected chi connectivity index (χ4v) is 1.92. The number of benzene rings is 1. The minimum absolute atomic E-state index is 0.376. The molecule has 2 rings (SSSR count). The quantitative estimate of drug-likeness (QED) is 0.861. The highest BCUT2D eigenvalue weighted by molar-refractivity contribution is 5.38. The monoisotopic (exact) mass is 230 g/mol. The fraction of sp³-hybridized carbons (Fsp3) is 0.214. The van der Waals surface area contributed by atoms with E-state index in [4.69, 9.17) is 5.73 Å². The first-order valence-corrected chi connectivity index (χ1v) is 5.48. The Kier molecular flexibility index (Phi) is 2.94. The van der Waals surface area contributed by atoms with Gasteiger partial charge in [0.05, 0.1) is 11.7 Å². The third-order valence-electron chi connectivity index (χ3n) is 2.95. The van der Waals surface area contributed by atoms with Crippen molar-refractivity contribution in [3.63, 3.8) is 0 Å². The predicted octanol–water partition coefficient (Wildman–Crippen LogP) is 2.75. The molecule has 0 spiro atoms. The molecule has 1 atom stereocenters.